The van der Waals surface area contributed by atoms with Crippen LogP contribution in [0, 0.1) is 0 Å². The molecule has 5 N–H and O–H groups in total. The number of piperidine rings is 1. The number of fused-ring (bicyclic) bond motifs is 1. The molecule has 16 nitrogen and oxygen atoms in total. The Morgan fingerprint density at radius 2 is 1.81 bits per heavy atom. The molecule has 4 aromatic rings. The first kappa shape index (κ1) is 35.5. The molecule has 1 saturated heterocycles. The van der Waals surface area contributed by atoms with Gasteiger partial charge in [0.05, 0.1) is 30.1 Å². The smallest absolute Gasteiger partial charge is 0.274 e. The molecule has 1 unspecified atom stereocenters. The van der Waals surface area contributed by atoms with Crippen molar-refractivity contribution in [3.05, 3.63) is 94.8 Å². The molecule has 52 heavy (non-hydrogen) atoms. The maximum Gasteiger partial charge on any atom is 0.274 e. The summed E-state index contributed by atoms with van der Waals surface area (Å²) < 4.78 is 13.0. The highest BCUT2D eigenvalue weighted by atomic mass is 16.5. The van der Waals surface area contributed by atoms with Crippen LogP contribution in [0.4, 0.5) is 11.4 Å². The first-order valence-electron chi connectivity index (χ1n) is 16.8. The van der Waals surface area contributed by atoms with E-state index in [1.807, 2.05) is 30.5 Å². The van der Waals surface area contributed by atoms with Gasteiger partial charge in [-0.1, -0.05) is 23.4 Å². The van der Waals surface area contributed by atoms with Crippen LogP contribution in [0.3, 0.4) is 0 Å². The molecule has 3 aromatic carbocycles. The average molecular weight is 711 g/mol. The zero-order chi connectivity index (χ0) is 36.6. The lowest BCUT2D eigenvalue weighted by molar-refractivity contribution is -0.136. The van der Waals surface area contributed by atoms with Crippen molar-refractivity contribution in [1.82, 2.24) is 30.7 Å². The average Bonchev–Trinajstić information content (AvgIpc) is 3.72. The minimum absolute atomic E-state index is 0.0694. The van der Waals surface area contributed by atoms with Gasteiger partial charge in [-0.25, -0.2) is 5.48 Å². The second-order valence-electron chi connectivity index (χ2n) is 12.3. The van der Waals surface area contributed by atoms with Crippen molar-refractivity contribution >= 4 is 40.9 Å². The number of aromatic nitrogens is 3. The van der Waals surface area contributed by atoms with Crippen molar-refractivity contribution in [3.8, 4) is 11.5 Å². The summed E-state index contributed by atoms with van der Waals surface area (Å²) in [6, 6.07) is 16.4. The molecule has 270 valence electrons. The van der Waals surface area contributed by atoms with Crippen LogP contribution in [0.15, 0.2) is 66.9 Å². The second kappa shape index (κ2) is 16.2. The van der Waals surface area contributed by atoms with Crippen LogP contribution in [-0.2, 0) is 29.3 Å². The number of amides is 5. The molecule has 0 radical (unpaired) electrons. The van der Waals surface area contributed by atoms with Gasteiger partial charge < -0.3 is 20.1 Å². The third-order valence-electron chi connectivity index (χ3n) is 8.79. The van der Waals surface area contributed by atoms with Crippen LogP contribution in [0.1, 0.15) is 74.4 Å². The second-order valence-corrected chi connectivity index (χ2v) is 12.3. The lowest BCUT2D eigenvalue weighted by atomic mass is 10.0. The number of nitrogens with one attached hydrogen (secondary N) is 4. The van der Waals surface area contributed by atoms with E-state index in [0.29, 0.717) is 48.2 Å². The molecule has 1 atom stereocenters. The molecule has 16 heteroatoms. The molecular formula is C36H38N8O8. The largest absolute Gasteiger partial charge is 0.495 e. The highest BCUT2D eigenvalue weighted by Gasteiger charge is 2.45. The Bertz CT molecular complexity index is 1980. The quantitative estimate of drug-likeness (QED) is 0.0492. The van der Waals surface area contributed by atoms with Gasteiger partial charge in [0, 0.05) is 37.3 Å². The van der Waals surface area contributed by atoms with Crippen LogP contribution in [-0.4, -0.2) is 74.3 Å². The number of imide groups is 2. The predicted molar refractivity (Wildman–Crippen MR) is 186 cm³/mol. The molecule has 0 aliphatic carbocycles. The minimum atomic E-state index is -1.00. The van der Waals surface area contributed by atoms with Crippen molar-refractivity contribution < 1.29 is 38.7 Å². The molecule has 2 aliphatic rings. The van der Waals surface area contributed by atoms with E-state index < -0.39 is 35.6 Å². The Kier molecular flexibility index (Phi) is 11.0. The number of benzene rings is 3. The van der Waals surface area contributed by atoms with E-state index in [0.717, 1.165) is 29.7 Å². The van der Waals surface area contributed by atoms with Gasteiger partial charge in [0.25, 0.3) is 17.7 Å². The molecule has 1 aromatic heterocycles. The van der Waals surface area contributed by atoms with Gasteiger partial charge in [0.2, 0.25) is 11.8 Å². The number of hydrogen-bond donors (Lipinski definition) is 5. The number of nitrogens with zero attached hydrogens (tertiary/aromatic N) is 4. The van der Waals surface area contributed by atoms with Crippen LogP contribution in [0.5, 0.6) is 11.5 Å². The third-order valence-corrected chi connectivity index (χ3v) is 8.79. The van der Waals surface area contributed by atoms with Crippen LogP contribution < -0.4 is 30.9 Å². The lowest BCUT2D eigenvalue weighted by Gasteiger charge is -2.27. The van der Waals surface area contributed by atoms with Crippen molar-refractivity contribution in [1.29, 1.82) is 0 Å². The number of rotatable bonds is 16. The summed E-state index contributed by atoms with van der Waals surface area (Å²) in [5.41, 5.74) is 5.21. The molecule has 0 spiro atoms. The van der Waals surface area contributed by atoms with Crippen LogP contribution >= 0.6 is 0 Å². The van der Waals surface area contributed by atoms with E-state index in [2.05, 4.69) is 26.3 Å². The summed E-state index contributed by atoms with van der Waals surface area (Å²) in [6.45, 7) is 1.96. The summed E-state index contributed by atoms with van der Waals surface area (Å²) >= 11 is 0. The number of anilines is 2. The fraction of sp³-hybridized carbons (Fsp3) is 0.306. The number of hydrogen-bond acceptors (Lipinski definition) is 12. The van der Waals surface area contributed by atoms with E-state index in [1.54, 1.807) is 46.6 Å². The van der Waals surface area contributed by atoms with Gasteiger partial charge >= 0.3 is 0 Å². The van der Waals surface area contributed by atoms with E-state index in [4.69, 9.17) is 14.7 Å². The van der Waals surface area contributed by atoms with E-state index in [9.17, 15) is 24.0 Å². The first-order chi connectivity index (χ1) is 25.2. The first-order valence-corrected chi connectivity index (χ1v) is 16.8. The molecular weight excluding hydrogens is 672 g/mol. The highest BCUT2D eigenvalue weighted by molar-refractivity contribution is 6.25. The monoisotopic (exact) mass is 710 g/mol. The predicted octanol–water partition coefficient (Wildman–Crippen LogP) is 3.28. The maximum atomic E-state index is 13.3. The number of ether oxygens (including phenoxy) is 2. The van der Waals surface area contributed by atoms with E-state index in [1.165, 1.54) is 7.11 Å². The van der Waals surface area contributed by atoms with Crippen LogP contribution in [0.25, 0.3) is 0 Å². The van der Waals surface area contributed by atoms with Crippen molar-refractivity contribution in [2.45, 2.75) is 57.8 Å². The van der Waals surface area contributed by atoms with Gasteiger partial charge in [-0.05, 0) is 73.7 Å². The van der Waals surface area contributed by atoms with Crippen molar-refractivity contribution in [2.75, 3.05) is 24.3 Å². The highest BCUT2D eigenvalue weighted by Crippen LogP contribution is 2.32. The number of aryl methyl sites for hydroxylation is 1. The Balaban J connectivity index is 0.909. The number of hydroxylamine groups is 1. The normalized spacial score (nSPS) is 15.3. The molecule has 2 aliphatic heterocycles. The zero-order valence-corrected chi connectivity index (χ0v) is 28.4. The van der Waals surface area contributed by atoms with Crippen molar-refractivity contribution in [2.24, 2.45) is 0 Å². The maximum absolute atomic E-state index is 13.3. The number of unbranched alkanes of at least 4 members (excludes halogenated alkanes) is 2. The van der Waals surface area contributed by atoms with Crippen molar-refractivity contribution in [3.63, 3.8) is 0 Å². The van der Waals surface area contributed by atoms with Crippen LogP contribution in [0.2, 0.25) is 0 Å². The molecule has 5 amide bonds. The summed E-state index contributed by atoms with van der Waals surface area (Å²) in [6.07, 6.45) is 4.55. The molecule has 6 rings (SSSR count). The standard InChI is InChI=1S/C36H38N8O8/c1-51-30-14-10-23(33(46)41-50)18-28(30)38-19-22-8-11-25(12-9-22)52-21-24-20-43(42-40-24)17-4-2-3-16-37-27-7-5-6-26-32(27)36(49)44(35(26)48)29-13-15-31(45)39-34(29)47/h5-12,14,18,20,29,37-38,50H,2-4,13,15-17,19,21H2,1H3,(H,41,46)(H,39,45,47). The van der Waals surface area contributed by atoms with Gasteiger partial charge in [-0.3, -0.25) is 44.1 Å². The van der Waals surface area contributed by atoms with Gasteiger partial charge in [0.1, 0.15) is 29.8 Å². The Labute approximate surface area is 298 Å². The van der Waals surface area contributed by atoms with Gasteiger partial charge in [-0.2, -0.15) is 0 Å². The molecule has 0 bridgehead atoms. The lowest BCUT2D eigenvalue weighted by Crippen LogP contribution is -2.54. The number of methoxy groups -OCH3 is 1. The minimum Gasteiger partial charge on any atom is -0.495 e. The third kappa shape index (κ3) is 8.02. The van der Waals surface area contributed by atoms with Gasteiger partial charge in [-0.15, -0.1) is 5.10 Å². The fourth-order valence-corrected chi connectivity index (χ4v) is 6.08. The van der Waals surface area contributed by atoms with Gasteiger partial charge in [0.15, 0.2) is 0 Å². The summed E-state index contributed by atoms with van der Waals surface area (Å²) in [5.74, 6) is -1.50. The van der Waals surface area contributed by atoms with E-state index in [-0.39, 0.29) is 36.1 Å². The molecule has 0 saturated carbocycles. The Morgan fingerprint density at radius 3 is 2.58 bits per heavy atom. The Morgan fingerprint density at radius 1 is 0.981 bits per heavy atom. The molecule has 1 fully saturated rings. The fourth-order valence-electron chi connectivity index (χ4n) is 6.08. The number of carbonyl (C=O) groups is 5. The summed E-state index contributed by atoms with van der Waals surface area (Å²) in [5, 5.41) is 26.1. The Hall–Kier alpha value is -6.29. The van der Waals surface area contributed by atoms with E-state index >= 15 is 0 Å². The summed E-state index contributed by atoms with van der Waals surface area (Å²) in [7, 11) is 1.54. The zero-order valence-electron chi connectivity index (χ0n) is 28.4. The SMILES string of the molecule is COc1ccc(C(=O)NO)cc1NCc1ccc(OCc2cn(CCCCCNc3cccc4c3C(=O)N(C3CCC(=O)NC3=O)C4=O)nn2)cc1. The number of carbonyl (C=O) groups excluding carboxylic acids is 5. The molecule has 3 heterocycles. The topological polar surface area (TPSA) is 206 Å². The summed E-state index contributed by atoms with van der Waals surface area (Å²) in [4.78, 5) is 63.0.